The summed E-state index contributed by atoms with van der Waals surface area (Å²) in [7, 11) is 1.95. The van der Waals surface area contributed by atoms with Gasteiger partial charge in [-0.1, -0.05) is 12.1 Å². The number of benzene rings is 2. The van der Waals surface area contributed by atoms with Crippen LogP contribution < -0.4 is 4.90 Å². The maximum absolute atomic E-state index is 12.9. The Balaban J connectivity index is 2.23. The van der Waals surface area contributed by atoms with Crippen LogP contribution in [0.25, 0.3) is 0 Å². The monoisotopic (exact) mass is 245 g/mol. The molecule has 0 saturated carbocycles. The van der Waals surface area contributed by atoms with E-state index < -0.39 is 0 Å². The third kappa shape index (κ3) is 2.62. The van der Waals surface area contributed by atoms with Crippen LogP contribution >= 0.6 is 0 Å². The van der Waals surface area contributed by atoms with Gasteiger partial charge in [0.25, 0.3) is 0 Å². The highest BCUT2D eigenvalue weighted by molar-refractivity contribution is 5.48. The van der Waals surface area contributed by atoms with Crippen molar-refractivity contribution in [2.75, 3.05) is 11.9 Å². The molecule has 0 heterocycles. The highest BCUT2D eigenvalue weighted by Gasteiger charge is 2.12. The van der Waals surface area contributed by atoms with Gasteiger partial charge in [0.15, 0.2) is 0 Å². The minimum absolute atomic E-state index is 0.0996. The van der Waals surface area contributed by atoms with Gasteiger partial charge in [0.1, 0.15) is 11.6 Å². The number of halogens is 1. The second-order valence-electron chi connectivity index (χ2n) is 4.36. The number of nitrogens with zero attached hydrogens (tertiary/aromatic N) is 1. The molecule has 1 unspecified atom stereocenters. The van der Waals surface area contributed by atoms with Crippen molar-refractivity contribution in [3.05, 3.63) is 59.9 Å². The normalized spacial score (nSPS) is 12.2. The summed E-state index contributed by atoms with van der Waals surface area (Å²) >= 11 is 0. The molecular weight excluding hydrogens is 229 g/mol. The van der Waals surface area contributed by atoms with Crippen LogP contribution in [0.5, 0.6) is 5.75 Å². The lowest BCUT2D eigenvalue weighted by atomic mass is 10.1. The number of rotatable bonds is 3. The molecule has 2 aromatic rings. The second-order valence-corrected chi connectivity index (χ2v) is 4.36. The van der Waals surface area contributed by atoms with Crippen molar-refractivity contribution in [2.45, 2.75) is 13.0 Å². The molecule has 2 nitrogen and oxygen atoms in total. The van der Waals surface area contributed by atoms with E-state index in [1.807, 2.05) is 31.0 Å². The SMILES string of the molecule is CC(c1cccc(O)c1)N(C)c1ccc(F)cc1. The predicted molar refractivity (Wildman–Crippen MR) is 71.3 cm³/mol. The van der Waals surface area contributed by atoms with E-state index >= 15 is 0 Å². The van der Waals surface area contributed by atoms with Gasteiger partial charge in [-0.25, -0.2) is 4.39 Å². The van der Waals surface area contributed by atoms with Crippen LogP contribution in [0.4, 0.5) is 10.1 Å². The zero-order valence-electron chi connectivity index (χ0n) is 10.5. The molecule has 0 bridgehead atoms. The minimum Gasteiger partial charge on any atom is -0.508 e. The first kappa shape index (κ1) is 12.4. The molecule has 0 amide bonds. The van der Waals surface area contributed by atoms with Crippen molar-refractivity contribution in [3.8, 4) is 5.75 Å². The summed E-state index contributed by atoms with van der Waals surface area (Å²) in [4.78, 5) is 2.04. The number of anilines is 1. The molecule has 94 valence electrons. The van der Waals surface area contributed by atoms with E-state index in [0.29, 0.717) is 0 Å². The number of phenols is 1. The molecule has 2 aromatic carbocycles. The molecule has 3 heteroatoms. The molecule has 2 rings (SSSR count). The van der Waals surface area contributed by atoms with Crippen molar-refractivity contribution in [3.63, 3.8) is 0 Å². The van der Waals surface area contributed by atoms with E-state index in [9.17, 15) is 9.50 Å². The summed E-state index contributed by atoms with van der Waals surface area (Å²) in [6.07, 6.45) is 0. The smallest absolute Gasteiger partial charge is 0.123 e. The molecule has 0 aliphatic heterocycles. The van der Waals surface area contributed by atoms with Crippen LogP contribution in [0.2, 0.25) is 0 Å². The standard InChI is InChI=1S/C15H16FNO/c1-11(12-4-3-5-15(18)10-12)17(2)14-8-6-13(16)7-9-14/h3-11,18H,1-2H3. The lowest BCUT2D eigenvalue weighted by Crippen LogP contribution is -2.21. The largest absolute Gasteiger partial charge is 0.508 e. The maximum Gasteiger partial charge on any atom is 0.123 e. The maximum atomic E-state index is 12.9. The van der Waals surface area contributed by atoms with Crippen LogP contribution in [-0.2, 0) is 0 Å². The average molecular weight is 245 g/mol. The fourth-order valence-electron chi connectivity index (χ4n) is 1.91. The fourth-order valence-corrected chi connectivity index (χ4v) is 1.91. The van der Waals surface area contributed by atoms with Gasteiger partial charge in [-0.3, -0.25) is 0 Å². The van der Waals surface area contributed by atoms with Crippen LogP contribution in [0.3, 0.4) is 0 Å². The number of hydrogen-bond acceptors (Lipinski definition) is 2. The number of phenolic OH excluding ortho intramolecular Hbond substituents is 1. The zero-order valence-corrected chi connectivity index (χ0v) is 10.5. The predicted octanol–water partition coefficient (Wildman–Crippen LogP) is 3.73. The molecular formula is C15H16FNO. The summed E-state index contributed by atoms with van der Waals surface area (Å²) < 4.78 is 12.9. The Morgan fingerprint density at radius 2 is 1.78 bits per heavy atom. The quantitative estimate of drug-likeness (QED) is 0.890. The summed E-state index contributed by atoms with van der Waals surface area (Å²) in [5.74, 6) is 0.0176. The number of hydrogen-bond donors (Lipinski definition) is 1. The van der Waals surface area contributed by atoms with E-state index in [2.05, 4.69) is 0 Å². The molecule has 0 aliphatic rings. The summed E-state index contributed by atoms with van der Waals surface area (Å²) in [5, 5.41) is 9.48. The summed E-state index contributed by atoms with van der Waals surface area (Å²) in [6.45, 7) is 2.04. The highest BCUT2D eigenvalue weighted by Crippen LogP contribution is 2.27. The van der Waals surface area contributed by atoms with Crippen LogP contribution in [0.15, 0.2) is 48.5 Å². The Hall–Kier alpha value is -2.03. The van der Waals surface area contributed by atoms with Gasteiger partial charge >= 0.3 is 0 Å². The first-order chi connectivity index (χ1) is 8.58. The highest BCUT2D eigenvalue weighted by atomic mass is 19.1. The fraction of sp³-hybridized carbons (Fsp3) is 0.200. The zero-order chi connectivity index (χ0) is 13.1. The second kappa shape index (κ2) is 5.08. The van der Waals surface area contributed by atoms with Gasteiger partial charge in [-0.15, -0.1) is 0 Å². The van der Waals surface area contributed by atoms with Crippen molar-refractivity contribution in [1.29, 1.82) is 0 Å². The summed E-state index contributed by atoms with van der Waals surface area (Å²) in [5.41, 5.74) is 1.95. The van der Waals surface area contributed by atoms with Gasteiger partial charge in [0.05, 0.1) is 6.04 Å². The average Bonchev–Trinajstić information content (AvgIpc) is 2.38. The molecule has 0 fully saturated rings. The molecule has 0 spiro atoms. The molecule has 1 N–H and O–H groups in total. The van der Waals surface area contributed by atoms with E-state index in [1.54, 1.807) is 24.3 Å². The Morgan fingerprint density at radius 3 is 2.39 bits per heavy atom. The topological polar surface area (TPSA) is 23.5 Å². The van der Waals surface area contributed by atoms with Crippen molar-refractivity contribution in [2.24, 2.45) is 0 Å². The van der Waals surface area contributed by atoms with Gasteiger partial charge in [0.2, 0.25) is 0 Å². The van der Waals surface area contributed by atoms with Gasteiger partial charge < -0.3 is 10.0 Å². The van der Waals surface area contributed by atoms with Crippen molar-refractivity contribution >= 4 is 5.69 Å². The van der Waals surface area contributed by atoms with Gasteiger partial charge in [-0.05, 0) is 48.9 Å². The Morgan fingerprint density at radius 1 is 1.11 bits per heavy atom. The van der Waals surface area contributed by atoms with Crippen molar-refractivity contribution in [1.82, 2.24) is 0 Å². The van der Waals surface area contributed by atoms with Gasteiger partial charge in [0, 0.05) is 12.7 Å². The Labute approximate surface area is 106 Å². The van der Waals surface area contributed by atoms with Crippen LogP contribution in [-0.4, -0.2) is 12.2 Å². The van der Waals surface area contributed by atoms with E-state index in [4.69, 9.17) is 0 Å². The lowest BCUT2D eigenvalue weighted by molar-refractivity contribution is 0.474. The molecule has 0 radical (unpaired) electrons. The Kier molecular flexibility index (Phi) is 3.51. The first-order valence-electron chi connectivity index (χ1n) is 5.85. The van der Waals surface area contributed by atoms with E-state index in [1.165, 1.54) is 12.1 Å². The van der Waals surface area contributed by atoms with Crippen molar-refractivity contribution < 1.29 is 9.50 Å². The lowest BCUT2D eigenvalue weighted by Gasteiger charge is -2.27. The van der Waals surface area contributed by atoms with Crippen LogP contribution in [0.1, 0.15) is 18.5 Å². The molecule has 18 heavy (non-hydrogen) atoms. The minimum atomic E-state index is -0.239. The Bertz CT molecular complexity index is 524. The third-order valence-corrected chi connectivity index (χ3v) is 3.17. The van der Waals surface area contributed by atoms with Gasteiger partial charge in [-0.2, -0.15) is 0 Å². The van der Waals surface area contributed by atoms with Crippen LogP contribution in [0, 0.1) is 5.82 Å². The third-order valence-electron chi connectivity index (χ3n) is 3.17. The molecule has 0 aliphatic carbocycles. The molecule has 0 saturated heterocycles. The number of aromatic hydroxyl groups is 1. The molecule has 1 atom stereocenters. The summed E-state index contributed by atoms with van der Waals surface area (Å²) in [6, 6.07) is 13.6. The molecule has 0 aromatic heterocycles. The first-order valence-corrected chi connectivity index (χ1v) is 5.85. The van der Waals surface area contributed by atoms with E-state index in [-0.39, 0.29) is 17.6 Å². The van der Waals surface area contributed by atoms with E-state index in [0.717, 1.165) is 11.3 Å².